The van der Waals surface area contributed by atoms with Crippen LogP contribution in [0.4, 0.5) is 0 Å². The molecular formula is C12H17N3O3. The molecule has 0 spiro atoms. The van der Waals surface area contributed by atoms with Crippen molar-refractivity contribution in [1.29, 1.82) is 0 Å². The highest BCUT2D eigenvalue weighted by molar-refractivity contribution is 5.75. The van der Waals surface area contributed by atoms with Gasteiger partial charge in [0.15, 0.2) is 0 Å². The molecule has 1 unspecified atom stereocenters. The average Bonchev–Trinajstić information content (AvgIpc) is 2.83. The van der Waals surface area contributed by atoms with Crippen molar-refractivity contribution in [3.8, 4) is 0 Å². The van der Waals surface area contributed by atoms with Crippen LogP contribution in [0.25, 0.3) is 0 Å². The lowest BCUT2D eigenvalue weighted by Gasteiger charge is -2.25. The molecule has 0 radical (unpaired) electrons. The average molecular weight is 251 g/mol. The molecule has 1 atom stereocenters. The third-order valence-corrected chi connectivity index (χ3v) is 3.88. The zero-order valence-corrected chi connectivity index (χ0v) is 10.2. The van der Waals surface area contributed by atoms with Crippen LogP contribution < -0.4 is 0 Å². The highest BCUT2D eigenvalue weighted by atomic mass is 16.5. The van der Waals surface area contributed by atoms with Gasteiger partial charge in [-0.25, -0.2) is 0 Å². The zero-order chi connectivity index (χ0) is 12.5. The maximum absolute atomic E-state index is 11.2. The highest BCUT2D eigenvalue weighted by Gasteiger charge is 2.32. The van der Waals surface area contributed by atoms with Crippen LogP contribution in [-0.4, -0.2) is 39.1 Å². The van der Waals surface area contributed by atoms with E-state index in [1.807, 2.05) is 4.57 Å². The first kappa shape index (κ1) is 11.6. The van der Waals surface area contributed by atoms with Gasteiger partial charge in [0.25, 0.3) is 0 Å². The summed E-state index contributed by atoms with van der Waals surface area (Å²) in [6.07, 6.45) is 3.46. The summed E-state index contributed by atoms with van der Waals surface area (Å²) in [5.74, 6) is 0.684. The van der Waals surface area contributed by atoms with Crippen molar-refractivity contribution in [2.24, 2.45) is 0 Å². The Balaban J connectivity index is 1.91. The van der Waals surface area contributed by atoms with E-state index in [1.54, 1.807) is 0 Å². The topological polar surface area (TPSA) is 77.2 Å². The summed E-state index contributed by atoms with van der Waals surface area (Å²) in [7, 11) is 0. The second-order valence-corrected chi connectivity index (χ2v) is 4.99. The molecule has 1 N–H and O–H groups in total. The molecule has 1 aromatic rings. The fourth-order valence-corrected chi connectivity index (χ4v) is 2.89. The lowest BCUT2D eigenvalue weighted by molar-refractivity contribution is -0.139. The predicted molar refractivity (Wildman–Crippen MR) is 62.4 cm³/mol. The van der Waals surface area contributed by atoms with Crippen LogP contribution in [0, 0.1) is 0 Å². The second kappa shape index (κ2) is 4.68. The van der Waals surface area contributed by atoms with Gasteiger partial charge in [0.2, 0.25) is 0 Å². The third kappa shape index (κ3) is 1.90. The van der Waals surface area contributed by atoms with Gasteiger partial charge in [0.05, 0.1) is 0 Å². The summed E-state index contributed by atoms with van der Waals surface area (Å²) in [6, 6.07) is 0. The lowest BCUT2D eigenvalue weighted by atomic mass is 9.96. The van der Waals surface area contributed by atoms with Crippen molar-refractivity contribution in [2.45, 2.75) is 44.1 Å². The highest BCUT2D eigenvalue weighted by Crippen LogP contribution is 2.32. The Morgan fingerprint density at radius 3 is 2.67 bits per heavy atom. The Labute approximate surface area is 105 Å². The Morgan fingerprint density at radius 1 is 1.22 bits per heavy atom. The summed E-state index contributed by atoms with van der Waals surface area (Å²) in [4.78, 5) is 11.2. The van der Waals surface area contributed by atoms with Crippen molar-refractivity contribution in [3.63, 3.8) is 0 Å². The number of carboxylic acids is 1. The van der Waals surface area contributed by atoms with Crippen molar-refractivity contribution in [3.05, 3.63) is 11.6 Å². The Hall–Kier alpha value is -1.43. The fraction of sp³-hybridized carbons (Fsp3) is 0.750. The van der Waals surface area contributed by atoms with Crippen LogP contribution in [-0.2, 0) is 16.1 Å². The third-order valence-electron chi connectivity index (χ3n) is 3.88. The van der Waals surface area contributed by atoms with Crippen molar-refractivity contribution in [1.82, 2.24) is 14.8 Å². The first-order valence-corrected chi connectivity index (χ1v) is 6.51. The van der Waals surface area contributed by atoms with Crippen molar-refractivity contribution in [2.75, 3.05) is 13.2 Å². The lowest BCUT2D eigenvalue weighted by Crippen LogP contribution is -2.25. The second-order valence-electron chi connectivity index (χ2n) is 4.99. The van der Waals surface area contributed by atoms with Gasteiger partial charge in [-0.1, -0.05) is 0 Å². The molecule has 1 aromatic heterocycles. The number of hydrogen-bond acceptors (Lipinski definition) is 4. The molecule has 0 saturated carbocycles. The monoisotopic (exact) mass is 251 g/mol. The van der Waals surface area contributed by atoms with E-state index in [2.05, 4.69) is 10.2 Å². The van der Waals surface area contributed by atoms with E-state index in [0.29, 0.717) is 18.2 Å². The van der Waals surface area contributed by atoms with Crippen LogP contribution in [0.15, 0.2) is 0 Å². The molecule has 2 aliphatic heterocycles. The maximum Gasteiger partial charge on any atom is 0.314 e. The van der Waals surface area contributed by atoms with Gasteiger partial charge in [-0.05, 0) is 25.7 Å². The van der Waals surface area contributed by atoms with E-state index in [1.165, 1.54) is 0 Å². The standard InChI is InChI=1S/C12H17N3O3/c16-12(17)9-2-1-5-15-10(13-14-11(9)15)8-3-6-18-7-4-8/h8-9H,1-7H2,(H,16,17). The summed E-state index contributed by atoms with van der Waals surface area (Å²) in [5.41, 5.74) is 0. The quantitative estimate of drug-likeness (QED) is 0.852. The molecule has 0 amide bonds. The van der Waals surface area contributed by atoms with E-state index in [-0.39, 0.29) is 0 Å². The van der Waals surface area contributed by atoms with Gasteiger partial charge >= 0.3 is 5.97 Å². The van der Waals surface area contributed by atoms with Crippen LogP contribution in [0.2, 0.25) is 0 Å². The number of fused-ring (bicyclic) bond motifs is 1. The van der Waals surface area contributed by atoms with Crippen LogP contribution in [0.5, 0.6) is 0 Å². The molecule has 18 heavy (non-hydrogen) atoms. The molecule has 1 fully saturated rings. The smallest absolute Gasteiger partial charge is 0.314 e. The van der Waals surface area contributed by atoms with Crippen LogP contribution >= 0.6 is 0 Å². The molecule has 0 aliphatic carbocycles. The Bertz CT molecular complexity index is 451. The molecule has 3 rings (SSSR count). The van der Waals surface area contributed by atoms with Gasteiger partial charge in [-0.3, -0.25) is 4.79 Å². The van der Waals surface area contributed by atoms with Gasteiger partial charge in [-0.15, -0.1) is 10.2 Å². The molecule has 0 bridgehead atoms. The van der Waals surface area contributed by atoms with E-state index in [0.717, 1.165) is 44.8 Å². The molecule has 3 heterocycles. The van der Waals surface area contributed by atoms with Gasteiger partial charge in [0.1, 0.15) is 17.6 Å². The minimum absolute atomic E-state index is 0.368. The number of rotatable bonds is 2. The van der Waals surface area contributed by atoms with Crippen molar-refractivity contribution < 1.29 is 14.6 Å². The summed E-state index contributed by atoms with van der Waals surface area (Å²) >= 11 is 0. The van der Waals surface area contributed by atoms with Gasteiger partial charge in [0, 0.05) is 25.7 Å². The number of nitrogens with zero attached hydrogens (tertiary/aromatic N) is 3. The molecule has 6 nitrogen and oxygen atoms in total. The molecule has 98 valence electrons. The fourth-order valence-electron chi connectivity index (χ4n) is 2.89. The maximum atomic E-state index is 11.2. The van der Waals surface area contributed by atoms with E-state index in [4.69, 9.17) is 4.74 Å². The van der Waals surface area contributed by atoms with E-state index in [9.17, 15) is 9.90 Å². The SMILES string of the molecule is O=C(O)C1CCCn2c(C3CCOCC3)nnc21. The first-order chi connectivity index (χ1) is 8.77. The predicted octanol–water partition coefficient (Wildman–Crippen LogP) is 1.13. The van der Waals surface area contributed by atoms with Crippen LogP contribution in [0.3, 0.4) is 0 Å². The van der Waals surface area contributed by atoms with E-state index < -0.39 is 11.9 Å². The summed E-state index contributed by atoms with van der Waals surface area (Å²) in [5, 5.41) is 17.6. The number of hydrogen-bond donors (Lipinski definition) is 1. The first-order valence-electron chi connectivity index (χ1n) is 6.51. The molecular weight excluding hydrogens is 234 g/mol. The minimum atomic E-state index is -0.790. The van der Waals surface area contributed by atoms with Crippen molar-refractivity contribution >= 4 is 5.97 Å². The zero-order valence-electron chi connectivity index (χ0n) is 10.2. The van der Waals surface area contributed by atoms with Gasteiger partial charge < -0.3 is 14.4 Å². The molecule has 0 aromatic carbocycles. The number of carbonyl (C=O) groups is 1. The normalized spacial score (nSPS) is 24.8. The number of carboxylic acid groups (broad SMARTS) is 1. The number of ether oxygens (including phenoxy) is 1. The summed E-state index contributed by atoms with van der Waals surface area (Å²) in [6.45, 7) is 2.36. The Kier molecular flexibility index (Phi) is 3.03. The Morgan fingerprint density at radius 2 is 1.94 bits per heavy atom. The number of aromatic nitrogens is 3. The number of aliphatic carboxylic acids is 1. The minimum Gasteiger partial charge on any atom is -0.481 e. The largest absolute Gasteiger partial charge is 0.481 e. The molecule has 2 aliphatic rings. The summed E-state index contributed by atoms with van der Waals surface area (Å²) < 4.78 is 7.38. The molecule has 6 heteroatoms. The van der Waals surface area contributed by atoms with Crippen LogP contribution in [0.1, 0.15) is 49.2 Å². The molecule has 1 saturated heterocycles. The van der Waals surface area contributed by atoms with E-state index >= 15 is 0 Å². The van der Waals surface area contributed by atoms with Gasteiger partial charge in [-0.2, -0.15) is 0 Å².